The molecule has 0 aliphatic carbocycles. The number of carbonyl (C=O) groups is 1. The van der Waals surface area contributed by atoms with Crippen LogP contribution in [-0.2, 0) is 6.54 Å². The van der Waals surface area contributed by atoms with Gasteiger partial charge >= 0.3 is 0 Å². The fraction of sp³-hybridized carbons (Fsp3) is 0.0870. The van der Waals surface area contributed by atoms with Gasteiger partial charge in [-0.05, 0) is 36.8 Å². The number of aryl methyl sites for hydroxylation is 1. The maximum atomic E-state index is 13.0. The quantitative estimate of drug-likeness (QED) is 0.582. The number of fused-ring (bicyclic) bond motifs is 1. The molecule has 0 bridgehead atoms. The predicted octanol–water partition coefficient (Wildman–Crippen LogP) is 4.34. The molecule has 5 heteroatoms. The lowest BCUT2D eigenvalue weighted by Gasteiger charge is -2.13. The molecule has 0 spiro atoms. The van der Waals surface area contributed by atoms with Crippen LogP contribution in [-0.4, -0.2) is 15.5 Å². The molecule has 28 heavy (non-hydrogen) atoms. The van der Waals surface area contributed by atoms with Crippen LogP contribution >= 0.6 is 0 Å². The largest absolute Gasteiger partial charge is 0.321 e. The van der Waals surface area contributed by atoms with E-state index in [9.17, 15) is 9.59 Å². The third-order valence-corrected chi connectivity index (χ3v) is 4.67. The van der Waals surface area contributed by atoms with Crippen molar-refractivity contribution in [1.82, 2.24) is 9.55 Å². The van der Waals surface area contributed by atoms with Crippen molar-refractivity contribution in [2.24, 2.45) is 0 Å². The highest BCUT2D eigenvalue weighted by molar-refractivity contribution is 6.07. The minimum absolute atomic E-state index is 0.102. The number of hydrogen-bond acceptors (Lipinski definition) is 3. The first kappa shape index (κ1) is 17.7. The normalized spacial score (nSPS) is 10.8. The number of benzene rings is 2. The average molecular weight is 369 g/mol. The van der Waals surface area contributed by atoms with Crippen molar-refractivity contribution in [3.63, 3.8) is 0 Å². The van der Waals surface area contributed by atoms with Crippen molar-refractivity contribution in [3.8, 4) is 11.1 Å². The van der Waals surface area contributed by atoms with Gasteiger partial charge in [0.25, 0.3) is 11.5 Å². The van der Waals surface area contributed by atoms with E-state index in [-0.39, 0.29) is 11.1 Å². The van der Waals surface area contributed by atoms with E-state index in [1.54, 1.807) is 18.3 Å². The van der Waals surface area contributed by atoms with Gasteiger partial charge in [0.15, 0.2) is 0 Å². The van der Waals surface area contributed by atoms with Crippen LogP contribution in [0.4, 0.5) is 5.69 Å². The Bertz CT molecular complexity index is 1210. The van der Waals surface area contributed by atoms with E-state index in [1.165, 1.54) is 4.57 Å². The third-order valence-electron chi connectivity index (χ3n) is 4.67. The Kier molecular flexibility index (Phi) is 4.72. The Labute approximate surface area is 162 Å². The first-order chi connectivity index (χ1) is 13.7. The van der Waals surface area contributed by atoms with E-state index >= 15 is 0 Å². The van der Waals surface area contributed by atoms with Crippen LogP contribution < -0.4 is 10.9 Å². The highest BCUT2D eigenvalue weighted by Crippen LogP contribution is 2.27. The van der Waals surface area contributed by atoms with Gasteiger partial charge < -0.3 is 5.32 Å². The first-order valence-corrected chi connectivity index (χ1v) is 9.13. The van der Waals surface area contributed by atoms with Crippen molar-refractivity contribution in [2.45, 2.75) is 13.5 Å². The summed E-state index contributed by atoms with van der Waals surface area (Å²) in [5.41, 5.74) is 2.89. The molecule has 1 amide bonds. The molecule has 2 aromatic carbocycles. The number of nitrogens with zero attached hydrogens (tertiary/aromatic N) is 2. The van der Waals surface area contributed by atoms with E-state index in [1.807, 2.05) is 67.6 Å². The predicted molar refractivity (Wildman–Crippen MR) is 112 cm³/mol. The van der Waals surface area contributed by atoms with Crippen molar-refractivity contribution in [1.29, 1.82) is 0 Å². The zero-order valence-electron chi connectivity index (χ0n) is 15.4. The molecule has 5 nitrogen and oxygen atoms in total. The van der Waals surface area contributed by atoms with E-state index in [0.29, 0.717) is 17.9 Å². The summed E-state index contributed by atoms with van der Waals surface area (Å²) < 4.78 is 1.52. The Hall–Kier alpha value is -3.73. The van der Waals surface area contributed by atoms with Gasteiger partial charge in [-0.15, -0.1) is 0 Å². The summed E-state index contributed by atoms with van der Waals surface area (Å²) in [5, 5.41) is 3.66. The number of nitrogens with one attached hydrogen (secondary N) is 1. The number of rotatable bonds is 4. The minimum Gasteiger partial charge on any atom is -0.321 e. The summed E-state index contributed by atoms with van der Waals surface area (Å²) in [6.45, 7) is 2.30. The highest BCUT2D eigenvalue weighted by atomic mass is 16.2. The number of amides is 1. The molecule has 0 fully saturated rings. The van der Waals surface area contributed by atoms with Crippen LogP contribution in [0.25, 0.3) is 22.2 Å². The molecule has 0 aliphatic heterocycles. The number of carbonyl (C=O) groups excluding carboxylic acids is 1. The van der Waals surface area contributed by atoms with Gasteiger partial charge in [-0.1, -0.05) is 48.5 Å². The molecule has 0 saturated carbocycles. The summed E-state index contributed by atoms with van der Waals surface area (Å²) in [7, 11) is 0. The van der Waals surface area contributed by atoms with Crippen LogP contribution in [0.3, 0.4) is 0 Å². The van der Waals surface area contributed by atoms with Crippen molar-refractivity contribution in [3.05, 3.63) is 94.9 Å². The molecule has 138 valence electrons. The molecule has 0 atom stereocenters. The second-order valence-electron chi connectivity index (χ2n) is 6.39. The van der Waals surface area contributed by atoms with Crippen LogP contribution in [0.1, 0.15) is 17.3 Å². The van der Waals surface area contributed by atoms with Crippen molar-refractivity contribution in [2.75, 3.05) is 5.32 Å². The summed E-state index contributed by atoms with van der Waals surface area (Å²) in [4.78, 5) is 30.1. The maximum absolute atomic E-state index is 13.0. The van der Waals surface area contributed by atoms with E-state index in [0.717, 1.165) is 16.5 Å². The van der Waals surface area contributed by atoms with Gasteiger partial charge in [0.1, 0.15) is 11.2 Å². The summed E-state index contributed by atoms with van der Waals surface area (Å²) in [6.07, 6.45) is 1.64. The zero-order chi connectivity index (χ0) is 19.5. The molecule has 0 aliphatic rings. The van der Waals surface area contributed by atoms with Gasteiger partial charge in [0.2, 0.25) is 0 Å². The Balaban J connectivity index is 1.77. The smallest absolute Gasteiger partial charge is 0.265 e. The summed E-state index contributed by atoms with van der Waals surface area (Å²) >= 11 is 0. The lowest BCUT2D eigenvalue weighted by molar-refractivity contribution is 0.102. The minimum atomic E-state index is -0.429. The standard InChI is InChI=1S/C23H19N3O2/c1-2-26-21-17(11-8-14-24-21)15-19(23(26)28)22(27)25-20-13-7-6-12-18(20)16-9-4-3-5-10-16/h3-15H,2H2,1H3,(H,25,27). The van der Waals surface area contributed by atoms with Gasteiger partial charge in [0, 0.05) is 29.4 Å². The average Bonchev–Trinajstić information content (AvgIpc) is 2.74. The Morgan fingerprint density at radius 1 is 1.00 bits per heavy atom. The maximum Gasteiger partial charge on any atom is 0.265 e. The van der Waals surface area contributed by atoms with Crippen LogP contribution in [0.15, 0.2) is 83.8 Å². The van der Waals surface area contributed by atoms with E-state index in [4.69, 9.17) is 0 Å². The lowest BCUT2D eigenvalue weighted by atomic mass is 10.0. The molecule has 0 saturated heterocycles. The second kappa shape index (κ2) is 7.48. The van der Waals surface area contributed by atoms with Gasteiger partial charge in [0.05, 0.1) is 0 Å². The number of aromatic nitrogens is 2. The Morgan fingerprint density at radius 2 is 1.75 bits per heavy atom. The number of hydrogen-bond donors (Lipinski definition) is 1. The molecule has 0 unspecified atom stereocenters. The fourth-order valence-corrected chi connectivity index (χ4v) is 3.31. The lowest BCUT2D eigenvalue weighted by Crippen LogP contribution is -2.29. The van der Waals surface area contributed by atoms with Crippen molar-refractivity contribution < 1.29 is 4.79 Å². The molecule has 2 heterocycles. The summed E-state index contributed by atoms with van der Waals surface area (Å²) in [5.74, 6) is -0.429. The first-order valence-electron chi connectivity index (χ1n) is 9.13. The van der Waals surface area contributed by atoms with Crippen molar-refractivity contribution >= 4 is 22.6 Å². The third kappa shape index (κ3) is 3.18. The monoisotopic (exact) mass is 369 g/mol. The summed E-state index contributed by atoms with van der Waals surface area (Å²) in [6, 6.07) is 22.6. The number of para-hydroxylation sites is 1. The molecular formula is C23H19N3O2. The molecule has 0 radical (unpaired) electrons. The SMILES string of the molecule is CCn1c(=O)c(C(=O)Nc2ccccc2-c2ccccc2)cc2cccnc21. The van der Waals surface area contributed by atoms with E-state index in [2.05, 4.69) is 10.3 Å². The highest BCUT2D eigenvalue weighted by Gasteiger charge is 2.17. The fourth-order valence-electron chi connectivity index (χ4n) is 3.31. The van der Waals surface area contributed by atoms with E-state index < -0.39 is 5.91 Å². The molecular weight excluding hydrogens is 350 g/mol. The van der Waals surface area contributed by atoms with Crippen LogP contribution in [0.5, 0.6) is 0 Å². The molecule has 2 aromatic heterocycles. The van der Waals surface area contributed by atoms with Gasteiger partial charge in [-0.3, -0.25) is 14.2 Å². The molecule has 4 aromatic rings. The van der Waals surface area contributed by atoms with Crippen LogP contribution in [0.2, 0.25) is 0 Å². The second-order valence-corrected chi connectivity index (χ2v) is 6.39. The van der Waals surface area contributed by atoms with Crippen LogP contribution in [0, 0.1) is 0 Å². The van der Waals surface area contributed by atoms with Gasteiger partial charge in [-0.2, -0.15) is 0 Å². The van der Waals surface area contributed by atoms with Gasteiger partial charge in [-0.25, -0.2) is 4.98 Å². The Morgan fingerprint density at radius 3 is 2.54 bits per heavy atom. The molecule has 1 N–H and O–H groups in total. The zero-order valence-corrected chi connectivity index (χ0v) is 15.4. The topological polar surface area (TPSA) is 64.0 Å². The number of anilines is 1. The molecule has 4 rings (SSSR count). The number of pyridine rings is 2.